The molecular formula is C43H40N2S. The van der Waals surface area contributed by atoms with Gasteiger partial charge in [0.1, 0.15) is 5.82 Å². The molecule has 0 saturated carbocycles. The molecule has 2 aromatic heterocycles. The minimum Gasteiger partial charge on any atom is -0.292 e. The van der Waals surface area contributed by atoms with Gasteiger partial charge >= 0.3 is 0 Å². The average molecular weight is 617 g/mol. The van der Waals surface area contributed by atoms with E-state index in [0.29, 0.717) is 11.8 Å². The van der Waals surface area contributed by atoms with Gasteiger partial charge in [-0.3, -0.25) is 4.57 Å². The summed E-state index contributed by atoms with van der Waals surface area (Å²) in [6.07, 6.45) is 0. The van der Waals surface area contributed by atoms with Gasteiger partial charge in [-0.1, -0.05) is 115 Å². The maximum absolute atomic E-state index is 5.37. The fourth-order valence-corrected chi connectivity index (χ4v) is 8.30. The Bertz CT molecular complexity index is 2430. The molecule has 228 valence electrons. The molecule has 0 bridgehead atoms. The maximum atomic E-state index is 5.37. The Morgan fingerprint density at radius 1 is 0.630 bits per heavy atom. The van der Waals surface area contributed by atoms with Crippen LogP contribution in [-0.4, -0.2) is 9.55 Å². The molecule has 2 heterocycles. The normalized spacial score (nSPS) is 12.6. The Morgan fingerprint density at radius 2 is 1.30 bits per heavy atom. The van der Waals surface area contributed by atoms with Crippen LogP contribution in [0.25, 0.3) is 69.8 Å². The van der Waals surface area contributed by atoms with Crippen molar-refractivity contribution in [1.82, 2.24) is 9.55 Å². The van der Waals surface area contributed by atoms with E-state index in [9.17, 15) is 0 Å². The van der Waals surface area contributed by atoms with E-state index in [2.05, 4.69) is 156 Å². The van der Waals surface area contributed by atoms with Crippen molar-refractivity contribution < 1.29 is 0 Å². The van der Waals surface area contributed by atoms with Crippen molar-refractivity contribution in [2.75, 3.05) is 0 Å². The van der Waals surface area contributed by atoms with E-state index in [1.165, 1.54) is 64.1 Å². The Labute approximate surface area is 275 Å². The molecule has 0 aliphatic rings. The summed E-state index contributed by atoms with van der Waals surface area (Å²) in [4.78, 5) is 5.37. The van der Waals surface area contributed by atoms with Crippen molar-refractivity contribution in [3.05, 3.63) is 120 Å². The molecule has 0 aliphatic heterocycles. The zero-order valence-electron chi connectivity index (χ0n) is 27.8. The number of fused-ring (bicyclic) bond motifs is 8. The van der Waals surface area contributed by atoms with Gasteiger partial charge in [0.05, 0.1) is 16.7 Å². The highest BCUT2D eigenvalue weighted by Crippen LogP contribution is 2.44. The van der Waals surface area contributed by atoms with Crippen LogP contribution in [0, 0.1) is 0 Å². The van der Waals surface area contributed by atoms with Crippen LogP contribution < -0.4 is 0 Å². The lowest BCUT2D eigenvalue weighted by Gasteiger charge is -2.28. The highest BCUT2D eigenvalue weighted by atomic mass is 32.1. The number of rotatable bonds is 4. The number of hydrogen-bond acceptors (Lipinski definition) is 2. The smallest absolute Gasteiger partial charge is 0.145 e. The van der Waals surface area contributed by atoms with Gasteiger partial charge in [-0.05, 0) is 91.9 Å². The summed E-state index contributed by atoms with van der Waals surface area (Å²) in [6.45, 7) is 16.3. The second kappa shape index (κ2) is 10.5. The first-order chi connectivity index (χ1) is 22.1. The topological polar surface area (TPSA) is 17.8 Å². The minimum absolute atomic E-state index is 0.0603. The van der Waals surface area contributed by atoms with Gasteiger partial charge in [0.15, 0.2) is 0 Å². The first kappa shape index (κ1) is 29.0. The molecule has 2 nitrogen and oxygen atoms in total. The van der Waals surface area contributed by atoms with Crippen molar-refractivity contribution in [2.45, 2.75) is 65.7 Å². The van der Waals surface area contributed by atoms with Gasteiger partial charge in [0, 0.05) is 25.7 Å². The molecule has 0 unspecified atom stereocenters. The number of nitrogens with zero attached hydrogens (tertiary/aromatic N) is 2. The summed E-state index contributed by atoms with van der Waals surface area (Å²) in [5, 5.41) is 7.85. The number of hydrogen-bond donors (Lipinski definition) is 0. The zero-order chi connectivity index (χ0) is 31.9. The van der Waals surface area contributed by atoms with Crippen molar-refractivity contribution in [1.29, 1.82) is 0 Å². The van der Waals surface area contributed by atoms with E-state index < -0.39 is 0 Å². The molecule has 0 saturated heterocycles. The van der Waals surface area contributed by atoms with Crippen LogP contribution in [0.2, 0.25) is 0 Å². The molecule has 0 amide bonds. The summed E-state index contributed by atoms with van der Waals surface area (Å²) >= 11 is 1.88. The standard InChI is InChI=1S/C43H40N2S/c1-25(2)33-23-29(43(5,6)7)24-34(26(3)4)41(33)45-37-15-11-10-14-36(37)44-42(45)28-17-20-38-35(22-28)40-32-18-16-27-12-8-9-13-30(27)31(32)19-21-39(40)46-38/h8-26H,1-7H3. The van der Waals surface area contributed by atoms with E-state index >= 15 is 0 Å². The molecule has 0 atom stereocenters. The van der Waals surface area contributed by atoms with E-state index in [1.54, 1.807) is 0 Å². The fraction of sp³-hybridized carbons (Fsp3) is 0.233. The number of benzene rings is 6. The lowest BCUT2D eigenvalue weighted by molar-refractivity contribution is 0.586. The average Bonchev–Trinajstić information content (AvgIpc) is 3.61. The lowest BCUT2D eigenvalue weighted by atomic mass is 9.81. The third kappa shape index (κ3) is 4.47. The molecule has 3 heteroatoms. The molecule has 0 radical (unpaired) electrons. The Balaban J connectivity index is 1.45. The summed E-state index contributed by atoms with van der Waals surface area (Å²) in [6, 6.07) is 38.4. The molecule has 8 aromatic rings. The highest BCUT2D eigenvalue weighted by molar-refractivity contribution is 7.26. The van der Waals surface area contributed by atoms with Crippen molar-refractivity contribution in [3.8, 4) is 17.1 Å². The summed E-state index contributed by atoms with van der Waals surface area (Å²) in [5.74, 6) is 1.71. The van der Waals surface area contributed by atoms with Crippen LogP contribution in [0.4, 0.5) is 0 Å². The third-order valence-electron chi connectivity index (χ3n) is 9.68. The van der Waals surface area contributed by atoms with Gasteiger partial charge < -0.3 is 0 Å². The van der Waals surface area contributed by atoms with Crippen molar-refractivity contribution in [2.24, 2.45) is 0 Å². The molecule has 0 aliphatic carbocycles. The van der Waals surface area contributed by atoms with Gasteiger partial charge in [0.2, 0.25) is 0 Å². The fourth-order valence-electron chi connectivity index (χ4n) is 7.20. The number of thiophene rings is 1. The van der Waals surface area contributed by atoms with E-state index in [0.717, 1.165) is 22.4 Å². The molecule has 0 N–H and O–H groups in total. The van der Waals surface area contributed by atoms with Crippen LogP contribution in [0.5, 0.6) is 0 Å². The van der Waals surface area contributed by atoms with E-state index in [4.69, 9.17) is 4.98 Å². The molecule has 6 aromatic carbocycles. The molecular weight excluding hydrogens is 577 g/mol. The van der Waals surface area contributed by atoms with Crippen LogP contribution in [0.1, 0.15) is 77.0 Å². The Kier molecular flexibility index (Phi) is 6.63. The van der Waals surface area contributed by atoms with E-state index in [-0.39, 0.29) is 5.41 Å². The highest BCUT2D eigenvalue weighted by Gasteiger charge is 2.26. The second-order valence-electron chi connectivity index (χ2n) is 14.5. The first-order valence-corrected chi connectivity index (χ1v) is 17.3. The Morgan fingerprint density at radius 3 is 2.04 bits per heavy atom. The number of aromatic nitrogens is 2. The predicted octanol–water partition coefficient (Wildman–Crippen LogP) is 12.9. The zero-order valence-corrected chi connectivity index (χ0v) is 28.6. The summed E-state index contributed by atoms with van der Waals surface area (Å²) in [5.41, 5.74) is 8.80. The van der Waals surface area contributed by atoms with Crippen LogP contribution in [-0.2, 0) is 5.41 Å². The molecule has 0 fully saturated rings. The quantitative estimate of drug-likeness (QED) is 0.180. The second-order valence-corrected chi connectivity index (χ2v) is 15.5. The van der Waals surface area contributed by atoms with Gasteiger partial charge in [-0.2, -0.15) is 0 Å². The largest absolute Gasteiger partial charge is 0.292 e. The van der Waals surface area contributed by atoms with Crippen LogP contribution in [0.15, 0.2) is 103 Å². The summed E-state index contributed by atoms with van der Waals surface area (Å²) in [7, 11) is 0. The number of para-hydroxylation sites is 2. The monoisotopic (exact) mass is 616 g/mol. The molecule has 0 spiro atoms. The van der Waals surface area contributed by atoms with Gasteiger partial charge in [-0.15, -0.1) is 11.3 Å². The maximum Gasteiger partial charge on any atom is 0.145 e. The van der Waals surface area contributed by atoms with Crippen molar-refractivity contribution in [3.63, 3.8) is 0 Å². The first-order valence-electron chi connectivity index (χ1n) is 16.5. The van der Waals surface area contributed by atoms with Gasteiger partial charge in [0.25, 0.3) is 0 Å². The molecule has 8 rings (SSSR count). The molecule has 46 heavy (non-hydrogen) atoms. The Hall–Kier alpha value is -4.47. The summed E-state index contributed by atoms with van der Waals surface area (Å²) < 4.78 is 5.10. The lowest BCUT2D eigenvalue weighted by Crippen LogP contribution is -2.16. The SMILES string of the molecule is CC(C)c1cc(C(C)(C)C)cc(C(C)C)c1-n1c(-c2ccc3sc4ccc5c6ccccc6ccc5c4c3c2)nc2ccccc21. The number of imidazole rings is 1. The predicted molar refractivity (Wildman–Crippen MR) is 201 cm³/mol. The van der Waals surface area contributed by atoms with Crippen LogP contribution >= 0.6 is 11.3 Å². The van der Waals surface area contributed by atoms with Crippen LogP contribution in [0.3, 0.4) is 0 Å². The third-order valence-corrected chi connectivity index (χ3v) is 10.8. The minimum atomic E-state index is 0.0603. The van der Waals surface area contributed by atoms with E-state index in [1.807, 2.05) is 11.3 Å². The van der Waals surface area contributed by atoms with Gasteiger partial charge in [-0.25, -0.2) is 4.98 Å². The van der Waals surface area contributed by atoms with Crippen molar-refractivity contribution >= 4 is 64.1 Å².